The van der Waals surface area contributed by atoms with Gasteiger partial charge in [0.1, 0.15) is 0 Å². The molecule has 0 radical (unpaired) electrons. The number of aliphatic hydroxyl groups excluding tert-OH is 1. The molecule has 0 aromatic heterocycles. The van der Waals surface area contributed by atoms with Gasteiger partial charge in [0.15, 0.2) is 0 Å². The summed E-state index contributed by atoms with van der Waals surface area (Å²) in [6.45, 7) is 3.64. The summed E-state index contributed by atoms with van der Waals surface area (Å²) < 4.78 is 0. The summed E-state index contributed by atoms with van der Waals surface area (Å²) in [7, 11) is 0. The number of aryl methyl sites for hydroxylation is 1. The van der Waals surface area contributed by atoms with Gasteiger partial charge in [-0.05, 0) is 18.4 Å². The first kappa shape index (κ1) is 14.7. The first-order chi connectivity index (χ1) is 9.40. The van der Waals surface area contributed by atoms with Gasteiger partial charge in [-0.1, -0.05) is 44.2 Å². The fourth-order valence-electron chi connectivity index (χ4n) is 2.49. The Morgan fingerprint density at radius 1 is 1.25 bits per heavy atom. The Kier molecular flexibility index (Phi) is 4.23. The van der Waals surface area contributed by atoms with E-state index in [2.05, 4.69) is 0 Å². The number of benzene rings is 1. The molecule has 1 aliphatic heterocycles. The van der Waals surface area contributed by atoms with Crippen molar-refractivity contribution >= 4 is 11.8 Å². The van der Waals surface area contributed by atoms with E-state index < -0.39 is 11.5 Å². The fraction of sp³-hybridized carbons (Fsp3) is 0.500. The third-order valence-corrected chi connectivity index (χ3v) is 3.72. The van der Waals surface area contributed by atoms with Crippen LogP contribution in [0.15, 0.2) is 30.3 Å². The van der Waals surface area contributed by atoms with Gasteiger partial charge < -0.3 is 5.11 Å². The molecule has 0 saturated carbocycles. The highest BCUT2D eigenvalue weighted by Crippen LogP contribution is 2.31. The lowest BCUT2D eigenvalue weighted by molar-refractivity contribution is -0.142. The minimum absolute atomic E-state index is 0.105. The summed E-state index contributed by atoms with van der Waals surface area (Å²) in [6.07, 6.45) is 0.845. The van der Waals surface area contributed by atoms with E-state index in [0.29, 0.717) is 6.42 Å². The second kappa shape index (κ2) is 5.75. The number of likely N-dealkylation sites (tertiary alicyclic amines) is 1. The Labute approximate surface area is 119 Å². The van der Waals surface area contributed by atoms with Gasteiger partial charge in [0.2, 0.25) is 11.8 Å². The number of amides is 2. The SMILES string of the molecule is CC1(C)CC(=O)N(C[C@H](O)CCc2ccccc2)C1=O. The zero-order chi connectivity index (χ0) is 14.8. The molecule has 1 fully saturated rings. The molecule has 108 valence electrons. The minimum atomic E-state index is -0.669. The van der Waals surface area contributed by atoms with Crippen LogP contribution in [0.5, 0.6) is 0 Å². The van der Waals surface area contributed by atoms with E-state index in [0.717, 1.165) is 12.0 Å². The molecule has 1 aromatic carbocycles. The van der Waals surface area contributed by atoms with Crippen LogP contribution in [0.3, 0.4) is 0 Å². The number of carbonyl (C=O) groups is 2. The molecule has 2 rings (SSSR count). The van der Waals surface area contributed by atoms with Crippen molar-refractivity contribution in [1.29, 1.82) is 0 Å². The van der Waals surface area contributed by atoms with E-state index in [4.69, 9.17) is 0 Å². The van der Waals surface area contributed by atoms with E-state index in [1.807, 2.05) is 30.3 Å². The summed E-state index contributed by atoms with van der Waals surface area (Å²) in [5.74, 6) is -0.361. The van der Waals surface area contributed by atoms with E-state index in [1.54, 1.807) is 13.8 Å². The largest absolute Gasteiger partial charge is 0.391 e. The van der Waals surface area contributed by atoms with Crippen molar-refractivity contribution in [1.82, 2.24) is 4.90 Å². The standard InChI is InChI=1S/C16H21NO3/c1-16(2)10-14(19)17(15(16)20)11-13(18)9-8-12-6-4-3-5-7-12/h3-7,13,18H,8-11H2,1-2H3/t13-/m1/s1. The van der Waals surface area contributed by atoms with Crippen LogP contribution in [0, 0.1) is 5.41 Å². The maximum absolute atomic E-state index is 12.0. The van der Waals surface area contributed by atoms with Crippen LogP contribution in [-0.2, 0) is 16.0 Å². The van der Waals surface area contributed by atoms with Crippen molar-refractivity contribution in [2.24, 2.45) is 5.41 Å². The lowest BCUT2D eigenvalue weighted by Crippen LogP contribution is -2.39. The third kappa shape index (κ3) is 3.25. The molecule has 1 saturated heterocycles. The molecule has 0 unspecified atom stereocenters. The topological polar surface area (TPSA) is 57.6 Å². The number of imide groups is 1. The Morgan fingerprint density at radius 3 is 2.45 bits per heavy atom. The molecule has 2 amide bonds. The summed E-state index contributed by atoms with van der Waals surface area (Å²) in [6, 6.07) is 9.86. The van der Waals surface area contributed by atoms with Crippen molar-refractivity contribution in [3.8, 4) is 0 Å². The smallest absolute Gasteiger partial charge is 0.235 e. The highest BCUT2D eigenvalue weighted by molar-refractivity contribution is 6.05. The van der Waals surface area contributed by atoms with E-state index in [-0.39, 0.29) is 24.8 Å². The normalized spacial score (nSPS) is 19.4. The number of β-amino-alcohol motifs (C(OH)–C–C–N with tert-alkyl or cyclic N) is 1. The maximum atomic E-state index is 12.0. The van der Waals surface area contributed by atoms with Crippen molar-refractivity contribution < 1.29 is 14.7 Å². The van der Waals surface area contributed by atoms with Crippen LogP contribution < -0.4 is 0 Å². The number of carbonyl (C=O) groups excluding carboxylic acids is 2. The molecular weight excluding hydrogens is 254 g/mol. The van der Waals surface area contributed by atoms with E-state index in [1.165, 1.54) is 4.90 Å². The number of aliphatic hydroxyl groups is 1. The second-order valence-corrected chi connectivity index (χ2v) is 6.05. The fourth-order valence-corrected chi connectivity index (χ4v) is 2.49. The monoisotopic (exact) mass is 275 g/mol. The lowest BCUT2D eigenvalue weighted by atomic mass is 9.92. The second-order valence-electron chi connectivity index (χ2n) is 6.05. The number of nitrogens with zero attached hydrogens (tertiary/aromatic N) is 1. The average Bonchev–Trinajstić information content (AvgIpc) is 2.60. The van der Waals surface area contributed by atoms with Gasteiger partial charge in [0, 0.05) is 6.42 Å². The zero-order valence-corrected chi connectivity index (χ0v) is 12.0. The van der Waals surface area contributed by atoms with Crippen molar-refractivity contribution in [3.63, 3.8) is 0 Å². The highest BCUT2D eigenvalue weighted by atomic mass is 16.3. The molecule has 1 atom stereocenters. The molecule has 4 nitrogen and oxygen atoms in total. The molecule has 1 N–H and O–H groups in total. The summed E-state index contributed by atoms with van der Waals surface area (Å²) in [5.41, 5.74) is 0.516. The Morgan fingerprint density at radius 2 is 1.90 bits per heavy atom. The molecule has 0 bridgehead atoms. The van der Waals surface area contributed by atoms with Crippen molar-refractivity contribution in [2.75, 3.05) is 6.54 Å². The minimum Gasteiger partial charge on any atom is -0.391 e. The van der Waals surface area contributed by atoms with Crippen LogP contribution in [-0.4, -0.2) is 34.5 Å². The van der Waals surface area contributed by atoms with Gasteiger partial charge in [0.05, 0.1) is 18.1 Å². The lowest BCUT2D eigenvalue weighted by Gasteiger charge is -2.20. The molecule has 0 spiro atoms. The first-order valence-electron chi connectivity index (χ1n) is 6.97. The van der Waals surface area contributed by atoms with E-state index >= 15 is 0 Å². The van der Waals surface area contributed by atoms with Gasteiger partial charge in [0.25, 0.3) is 0 Å². The molecule has 1 heterocycles. The highest BCUT2D eigenvalue weighted by Gasteiger charge is 2.44. The number of rotatable bonds is 5. The van der Waals surface area contributed by atoms with Crippen LogP contribution in [0.25, 0.3) is 0 Å². The first-order valence-corrected chi connectivity index (χ1v) is 6.97. The molecule has 1 aliphatic rings. The van der Waals surface area contributed by atoms with Gasteiger partial charge >= 0.3 is 0 Å². The Balaban J connectivity index is 1.87. The summed E-state index contributed by atoms with van der Waals surface area (Å²) >= 11 is 0. The molecule has 4 heteroatoms. The maximum Gasteiger partial charge on any atom is 0.235 e. The van der Waals surface area contributed by atoms with Gasteiger partial charge in [-0.25, -0.2) is 0 Å². The van der Waals surface area contributed by atoms with E-state index in [9.17, 15) is 14.7 Å². The van der Waals surface area contributed by atoms with Crippen LogP contribution in [0.1, 0.15) is 32.3 Å². The molecule has 20 heavy (non-hydrogen) atoms. The van der Waals surface area contributed by atoms with Gasteiger partial charge in [-0.3, -0.25) is 14.5 Å². The predicted octanol–water partition coefficient (Wildman–Crippen LogP) is 1.77. The van der Waals surface area contributed by atoms with Crippen molar-refractivity contribution in [3.05, 3.63) is 35.9 Å². The average molecular weight is 275 g/mol. The Bertz CT molecular complexity index is 496. The Hall–Kier alpha value is -1.68. The van der Waals surface area contributed by atoms with Crippen LogP contribution in [0.4, 0.5) is 0 Å². The predicted molar refractivity (Wildman–Crippen MR) is 75.9 cm³/mol. The number of hydrogen-bond acceptors (Lipinski definition) is 3. The van der Waals surface area contributed by atoms with Gasteiger partial charge in [-0.15, -0.1) is 0 Å². The third-order valence-electron chi connectivity index (χ3n) is 3.72. The zero-order valence-electron chi connectivity index (χ0n) is 12.0. The van der Waals surface area contributed by atoms with Crippen LogP contribution >= 0.6 is 0 Å². The molecular formula is C16H21NO3. The summed E-state index contributed by atoms with van der Waals surface area (Å²) in [5, 5.41) is 10.0. The van der Waals surface area contributed by atoms with Crippen molar-refractivity contribution in [2.45, 2.75) is 39.2 Å². The molecule has 1 aromatic rings. The quantitative estimate of drug-likeness (QED) is 0.833. The van der Waals surface area contributed by atoms with Crippen LogP contribution in [0.2, 0.25) is 0 Å². The van der Waals surface area contributed by atoms with Gasteiger partial charge in [-0.2, -0.15) is 0 Å². The summed E-state index contributed by atoms with van der Waals surface area (Å²) in [4.78, 5) is 25.0. The molecule has 0 aliphatic carbocycles. The number of hydrogen-bond donors (Lipinski definition) is 1.